The third-order valence-corrected chi connectivity index (χ3v) is 4.55. The van der Waals surface area contributed by atoms with Gasteiger partial charge in [0.05, 0.1) is 13.1 Å². The minimum Gasteiger partial charge on any atom is -0.508 e. The Hall–Kier alpha value is -3.92. The molecule has 32 heavy (non-hydrogen) atoms. The molecule has 0 saturated heterocycles. The minimum atomic E-state index is -1.20. The van der Waals surface area contributed by atoms with Crippen molar-refractivity contribution in [2.24, 2.45) is 5.73 Å². The molecule has 0 unspecified atom stereocenters. The fourth-order valence-electron chi connectivity index (χ4n) is 2.92. The van der Waals surface area contributed by atoms with Crippen LogP contribution in [0.5, 0.6) is 5.75 Å². The van der Waals surface area contributed by atoms with E-state index >= 15 is 0 Å². The number of carboxylic acid groups (broad SMARTS) is 1. The number of amides is 3. The van der Waals surface area contributed by atoms with Gasteiger partial charge in [-0.3, -0.25) is 14.4 Å². The van der Waals surface area contributed by atoms with E-state index in [0.717, 1.165) is 5.56 Å². The van der Waals surface area contributed by atoms with Crippen molar-refractivity contribution in [3.05, 3.63) is 65.7 Å². The number of rotatable bonds is 11. The number of hydrogen-bond acceptors (Lipinski definition) is 6. The highest BCUT2D eigenvalue weighted by molar-refractivity contribution is 5.92. The summed E-state index contributed by atoms with van der Waals surface area (Å²) in [5.74, 6) is -3.02. The van der Waals surface area contributed by atoms with Crippen LogP contribution in [0.25, 0.3) is 0 Å². The highest BCUT2D eigenvalue weighted by Crippen LogP contribution is 2.11. The second-order valence-electron chi connectivity index (χ2n) is 7.06. The number of carbonyl (C=O) groups is 4. The maximum absolute atomic E-state index is 12.6. The van der Waals surface area contributed by atoms with Crippen molar-refractivity contribution in [1.82, 2.24) is 16.0 Å². The highest BCUT2D eigenvalue weighted by atomic mass is 16.4. The van der Waals surface area contributed by atoms with Gasteiger partial charge in [0.1, 0.15) is 17.8 Å². The largest absolute Gasteiger partial charge is 0.508 e. The molecular formula is C22H26N4O6. The molecule has 10 heteroatoms. The van der Waals surface area contributed by atoms with Crippen molar-refractivity contribution >= 4 is 23.7 Å². The molecule has 0 spiro atoms. The Bertz CT molecular complexity index is 933. The Morgan fingerprint density at radius 2 is 1.38 bits per heavy atom. The monoisotopic (exact) mass is 442 g/mol. The van der Waals surface area contributed by atoms with Crippen molar-refractivity contribution in [2.75, 3.05) is 13.1 Å². The van der Waals surface area contributed by atoms with Crippen molar-refractivity contribution in [1.29, 1.82) is 0 Å². The summed E-state index contributed by atoms with van der Waals surface area (Å²) in [5.41, 5.74) is 6.71. The fraction of sp³-hybridized carbons (Fsp3) is 0.273. The number of nitrogens with two attached hydrogens (primary N) is 1. The van der Waals surface area contributed by atoms with E-state index in [1.54, 1.807) is 42.5 Å². The molecule has 0 radical (unpaired) electrons. The van der Waals surface area contributed by atoms with Crippen LogP contribution in [0.4, 0.5) is 0 Å². The third kappa shape index (κ3) is 8.07. The molecule has 0 saturated carbocycles. The van der Waals surface area contributed by atoms with Crippen LogP contribution in [0.2, 0.25) is 0 Å². The van der Waals surface area contributed by atoms with E-state index in [2.05, 4.69) is 16.0 Å². The van der Waals surface area contributed by atoms with Crippen LogP contribution in [0.1, 0.15) is 11.1 Å². The van der Waals surface area contributed by atoms with E-state index in [1.165, 1.54) is 12.1 Å². The number of aromatic hydroxyl groups is 1. The number of nitrogens with one attached hydrogen (secondary N) is 3. The summed E-state index contributed by atoms with van der Waals surface area (Å²) in [7, 11) is 0. The second-order valence-corrected chi connectivity index (χ2v) is 7.06. The number of aliphatic carboxylic acids is 1. The summed E-state index contributed by atoms with van der Waals surface area (Å²) in [5, 5.41) is 26.0. The molecule has 10 nitrogen and oxygen atoms in total. The van der Waals surface area contributed by atoms with E-state index < -0.39 is 42.3 Å². The first-order valence-electron chi connectivity index (χ1n) is 9.89. The molecule has 2 aromatic rings. The number of phenolic OH excluding ortho intramolecular Hbond substituents is 1. The van der Waals surface area contributed by atoms with Gasteiger partial charge in [0.15, 0.2) is 0 Å². The lowest BCUT2D eigenvalue weighted by Gasteiger charge is -2.19. The van der Waals surface area contributed by atoms with Crippen LogP contribution in [-0.4, -0.2) is 59.1 Å². The zero-order valence-corrected chi connectivity index (χ0v) is 17.3. The first kappa shape index (κ1) is 24.4. The zero-order chi connectivity index (χ0) is 23.5. The molecule has 3 amide bonds. The summed E-state index contributed by atoms with van der Waals surface area (Å²) in [6.07, 6.45) is 0.192. The first-order valence-corrected chi connectivity index (χ1v) is 9.89. The summed E-state index contributed by atoms with van der Waals surface area (Å²) >= 11 is 0. The van der Waals surface area contributed by atoms with Gasteiger partial charge in [-0.1, -0.05) is 42.5 Å². The van der Waals surface area contributed by atoms with Crippen molar-refractivity contribution in [2.45, 2.75) is 24.9 Å². The Balaban J connectivity index is 1.95. The first-order chi connectivity index (χ1) is 15.3. The summed E-state index contributed by atoms with van der Waals surface area (Å²) in [6, 6.07) is 12.7. The molecule has 0 aliphatic rings. The lowest BCUT2D eigenvalue weighted by molar-refractivity contribution is -0.141. The van der Waals surface area contributed by atoms with Gasteiger partial charge >= 0.3 is 5.97 Å². The average Bonchev–Trinajstić information content (AvgIpc) is 2.78. The summed E-state index contributed by atoms with van der Waals surface area (Å²) in [4.78, 5) is 48.0. The Labute approximate surface area is 184 Å². The maximum atomic E-state index is 12.6. The van der Waals surface area contributed by atoms with Gasteiger partial charge in [-0.2, -0.15) is 0 Å². The smallest absolute Gasteiger partial charge is 0.326 e. The van der Waals surface area contributed by atoms with Crippen LogP contribution in [-0.2, 0) is 32.0 Å². The molecule has 0 fully saturated rings. The Kier molecular flexibility index (Phi) is 9.18. The number of hydrogen-bond donors (Lipinski definition) is 6. The van der Waals surface area contributed by atoms with Crippen LogP contribution in [0.15, 0.2) is 54.6 Å². The maximum Gasteiger partial charge on any atom is 0.326 e. The molecule has 2 atom stereocenters. The molecule has 0 bridgehead atoms. The molecule has 0 aromatic heterocycles. The molecule has 2 rings (SSSR count). The Morgan fingerprint density at radius 3 is 1.97 bits per heavy atom. The number of carboxylic acids is 1. The van der Waals surface area contributed by atoms with Crippen LogP contribution in [0, 0.1) is 0 Å². The minimum absolute atomic E-state index is 0.0564. The number of benzene rings is 2. The van der Waals surface area contributed by atoms with Crippen LogP contribution in [0.3, 0.4) is 0 Å². The number of phenols is 1. The van der Waals surface area contributed by atoms with E-state index in [9.17, 15) is 29.4 Å². The van der Waals surface area contributed by atoms with Gasteiger partial charge in [-0.25, -0.2) is 4.79 Å². The lowest BCUT2D eigenvalue weighted by atomic mass is 10.0. The van der Waals surface area contributed by atoms with E-state index in [1.807, 2.05) is 0 Å². The van der Waals surface area contributed by atoms with Crippen molar-refractivity contribution in [3.63, 3.8) is 0 Å². The van der Waals surface area contributed by atoms with Gasteiger partial charge in [0.2, 0.25) is 17.7 Å². The third-order valence-electron chi connectivity index (χ3n) is 4.55. The van der Waals surface area contributed by atoms with Gasteiger partial charge in [0, 0.05) is 12.8 Å². The number of carbonyl (C=O) groups excluding carboxylic acids is 3. The lowest BCUT2D eigenvalue weighted by Crippen LogP contribution is -2.52. The predicted molar refractivity (Wildman–Crippen MR) is 116 cm³/mol. The molecule has 7 N–H and O–H groups in total. The molecule has 0 heterocycles. The fourth-order valence-corrected chi connectivity index (χ4v) is 2.92. The van der Waals surface area contributed by atoms with Gasteiger partial charge < -0.3 is 31.9 Å². The quantitative estimate of drug-likeness (QED) is 0.267. The van der Waals surface area contributed by atoms with Gasteiger partial charge in [-0.05, 0) is 23.3 Å². The standard InChI is InChI=1S/C22H26N4O6/c23-12-19(28)25-17(10-15-6-8-16(27)9-7-15)21(30)24-13-20(29)26-18(22(31)32)11-14-4-2-1-3-5-14/h1-9,17-18,27H,10-13,23H2,(H,24,30)(H,25,28)(H,26,29)(H,31,32)/t17-,18-/m0/s1. The van der Waals surface area contributed by atoms with E-state index in [4.69, 9.17) is 5.73 Å². The van der Waals surface area contributed by atoms with Gasteiger partial charge in [-0.15, -0.1) is 0 Å². The molecule has 0 aliphatic carbocycles. The van der Waals surface area contributed by atoms with E-state index in [-0.39, 0.29) is 25.1 Å². The van der Waals surface area contributed by atoms with Crippen molar-refractivity contribution in [3.8, 4) is 5.75 Å². The zero-order valence-electron chi connectivity index (χ0n) is 17.3. The average molecular weight is 442 g/mol. The molecule has 0 aliphatic heterocycles. The van der Waals surface area contributed by atoms with Crippen LogP contribution < -0.4 is 21.7 Å². The normalized spacial score (nSPS) is 12.3. The highest BCUT2D eigenvalue weighted by Gasteiger charge is 2.23. The summed E-state index contributed by atoms with van der Waals surface area (Å²) in [6.45, 7) is -0.790. The van der Waals surface area contributed by atoms with Crippen LogP contribution >= 0.6 is 0 Å². The SMILES string of the molecule is NCC(=O)N[C@@H](Cc1ccc(O)cc1)C(=O)NCC(=O)N[C@@H](Cc1ccccc1)C(=O)O. The summed E-state index contributed by atoms with van der Waals surface area (Å²) < 4.78 is 0. The molecular weight excluding hydrogens is 416 g/mol. The van der Waals surface area contributed by atoms with E-state index in [0.29, 0.717) is 5.56 Å². The Morgan fingerprint density at radius 1 is 0.812 bits per heavy atom. The topological polar surface area (TPSA) is 171 Å². The predicted octanol–water partition coefficient (Wildman–Crippen LogP) is -0.693. The molecule has 2 aromatic carbocycles. The van der Waals surface area contributed by atoms with Crippen molar-refractivity contribution < 1.29 is 29.4 Å². The van der Waals surface area contributed by atoms with Gasteiger partial charge in [0.25, 0.3) is 0 Å². The molecule has 170 valence electrons. The second kappa shape index (κ2) is 12.1.